The van der Waals surface area contributed by atoms with Crippen LogP contribution in [0.15, 0.2) is 54.9 Å². The average Bonchev–Trinajstić information content (AvgIpc) is 2.61. The van der Waals surface area contributed by atoms with Gasteiger partial charge in [0.05, 0.1) is 28.2 Å². The number of halogens is 4. The Kier molecular flexibility index (Phi) is 5.35. The van der Waals surface area contributed by atoms with Crippen LogP contribution in [0, 0.1) is 11.6 Å². The van der Waals surface area contributed by atoms with Gasteiger partial charge in [-0.3, -0.25) is 9.78 Å². The highest BCUT2D eigenvalue weighted by molar-refractivity contribution is 6.36. The van der Waals surface area contributed by atoms with E-state index in [1.807, 2.05) is 0 Å². The molecule has 132 valence electrons. The molecule has 0 radical (unpaired) electrons. The first-order valence-electron chi connectivity index (χ1n) is 7.36. The molecule has 0 aliphatic carbocycles. The minimum Gasteiger partial charge on any atom is -0.353 e. The van der Waals surface area contributed by atoms with E-state index in [1.54, 1.807) is 24.3 Å². The lowest BCUT2D eigenvalue weighted by Crippen LogP contribution is -2.12. The van der Waals surface area contributed by atoms with Gasteiger partial charge in [0.1, 0.15) is 0 Å². The van der Waals surface area contributed by atoms with Crippen LogP contribution in [-0.2, 0) is 0 Å². The van der Waals surface area contributed by atoms with Gasteiger partial charge in [-0.1, -0.05) is 23.2 Å². The maximum Gasteiger partial charge on any atom is 0.257 e. The third-order valence-electron chi connectivity index (χ3n) is 3.39. The molecule has 0 bridgehead atoms. The SMILES string of the molecule is O=C(Nc1ccc(F)c(F)c1)c1cncc(Nc2ccc(Cl)cc2Cl)c1. The average molecular weight is 394 g/mol. The summed E-state index contributed by atoms with van der Waals surface area (Å²) >= 11 is 12.0. The molecule has 1 heterocycles. The van der Waals surface area contributed by atoms with Gasteiger partial charge in [-0.15, -0.1) is 0 Å². The van der Waals surface area contributed by atoms with E-state index in [-0.39, 0.29) is 11.3 Å². The van der Waals surface area contributed by atoms with Crippen LogP contribution in [0.25, 0.3) is 0 Å². The molecule has 8 heteroatoms. The van der Waals surface area contributed by atoms with Crippen molar-refractivity contribution in [3.8, 4) is 0 Å². The number of amides is 1. The van der Waals surface area contributed by atoms with Crippen molar-refractivity contribution in [3.63, 3.8) is 0 Å². The van der Waals surface area contributed by atoms with Gasteiger partial charge >= 0.3 is 0 Å². The summed E-state index contributed by atoms with van der Waals surface area (Å²) in [5, 5.41) is 6.42. The summed E-state index contributed by atoms with van der Waals surface area (Å²) in [5.74, 6) is -2.56. The third kappa shape index (κ3) is 4.28. The summed E-state index contributed by atoms with van der Waals surface area (Å²) in [6, 6.07) is 9.59. The van der Waals surface area contributed by atoms with E-state index in [0.29, 0.717) is 21.4 Å². The third-order valence-corrected chi connectivity index (χ3v) is 3.94. The quantitative estimate of drug-likeness (QED) is 0.600. The molecule has 3 rings (SSSR count). The molecule has 3 aromatic rings. The maximum atomic E-state index is 13.2. The Morgan fingerprint density at radius 1 is 0.923 bits per heavy atom. The number of pyridine rings is 1. The largest absolute Gasteiger partial charge is 0.353 e. The maximum absolute atomic E-state index is 13.2. The number of anilines is 3. The zero-order chi connectivity index (χ0) is 18.7. The van der Waals surface area contributed by atoms with Crippen molar-refractivity contribution in [1.82, 2.24) is 4.98 Å². The van der Waals surface area contributed by atoms with Crippen LogP contribution in [0.3, 0.4) is 0 Å². The van der Waals surface area contributed by atoms with Crippen molar-refractivity contribution in [2.45, 2.75) is 0 Å². The number of hydrogen-bond donors (Lipinski definition) is 2. The van der Waals surface area contributed by atoms with Crippen molar-refractivity contribution in [2.24, 2.45) is 0 Å². The van der Waals surface area contributed by atoms with Gasteiger partial charge in [0.25, 0.3) is 5.91 Å². The predicted molar refractivity (Wildman–Crippen MR) is 98.3 cm³/mol. The van der Waals surface area contributed by atoms with Gasteiger partial charge in [0.15, 0.2) is 11.6 Å². The summed E-state index contributed by atoms with van der Waals surface area (Å²) in [5.41, 5.74) is 1.47. The molecule has 4 nitrogen and oxygen atoms in total. The Morgan fingerprint density at radius 2 is 1.73 bits per heavy atom. The van der Waals surface area contributed by atoms with E-state index in [1.165, 1.54) is 18.5 Å². The standard InChI is InChI=1S/C18H11Cl2F2N3O/c19-11-1-4-17(14(20)6-11)24-13-5-10(8-23-9-13)18(26)25-12-2-3-15(21)16(22)7-12/h1-9,24H,(H,25,26). The fraction of sp³-hybridized carbons (Fsp3) is 0. The Balaban J connectivity index is 1.77. The number of hydrogen-bond acceptors (Lipinski definition) is 3. The number of carbonyl (C=O) groups is 1. The first-order chi connectivity index (χ1) is 12.4. The van der Waals surface area contributed by atoms with E-state index in [0.717, 1.165) is 12.1 Å². The molecule has 0 aliphatic heterocycles. The van der Waals surface area contributed by atoms with Crippen LogP contribution in [-0.4, -0.2) is 10.9 Å². The molecule has 0 spiro atoms. The molecule has 1 amide bonds. The Hall–Kier alpha value is -2.70. The highest BCUT2D eigenvalue weighted by Crippen LogP contribution is 2.28. The second kappa shape index (κ2) is 7.68. The Labute approximate surface area is 157 Å². The molecule has 0 atom stereocenters. The number of rotatable bonds is 4. The summed E-state index contributed by atoms with van der Waals surface area (Å²) in [7, 11) is 0. The van der Waals surface area contributed by atoms with E-state index in [2.05, 4.69) is 15.6 Å². The highest BCUT2D eigenvalue weighted by Gasteiger charge is 2.10. The van der Waals surface area contributed by atoms with Crippen molar-refractivity contribution < 1.29 is 13.6 Å². The molecule has 2 N–H and O–H groups in total. The smallest absolute Gasteiger partial charge is 0.257 e. The molecular weight excluding hydrogens is 383 g/mol. The summed E-state index contributed by atoms with van der Waals surface area (Å²) in [6.45, 7) is 0. The Bertz CT molecular complexity index is 982. The van der Waals surface area contributed by atoms with Crippen molar-refractivity contribution in [1.29, 1.82) is 0 Å². The molecule has 0 saturated carbocycles. The van der Waals surface area contributed by atoms with Crippen molar-refractivity contribution >= 4 is 46.2 Å². The van der Waals surface area contributed by atoms with Gasteiger partial charge in [0, 0.05) is 23.0 Å². The van der Waals surface area contributed by atoms with Crippen molar-refractivity contribution in [2.75, 3.05) is 10.6 Å². The zero-order valence-electron chi connectivity index (χ0n) is 13.1. The highest BCUT2D eigenvalue weighted by atomic mass is 35.5. The number of nitrogens with zero attached hydrogens (tertiary/aromatic N) is 1. The Morgan fingerprint density at radius 3 is 2.46 bits per heavy atom. The molecule has 0 saturated heterocycles. The monoisotopic (exact) mass is 393 g/mol. The molecule has 26 heavy (non-hydrogen) atoms. The summed E-state index contributed by atoms with van der Waals surface area (Å²) < 4.78 is 26.2. The van der Waals surface area contributed by atoms with Gasteiger partial charge in [-0.2, -0.15) is 0 Å². The van der Waals surface area contributed by atoms with Crippen LogP contribution < -0.4 is 10.6 Å². The van der Waals surface area contributed by atoms with Crippen LogP contribution in [0.2, 0.25) is 10.0 Å². The van der Waals surface area contributed by atoms with Crippen molar-refractivity contribution in [3.05, 3.63) is 82.1 Å². The number of benzene rings is 2. The van der Waals surface area contributed by atoms with Gasteiger partial charge in [-0.25, -0.2) is 8.78 Å². The molecule has 0 fully saturated rings. The lowest BCUT2D eigenvalue weighted by Gasteiger charge is -2.10. The van der Waals surface area contributed by atoms with E-state index >= 15 is 0 Å². The minimum absolute atomic E-state index is 0.132. The predicted octanol–water partition coefficient (Wildman–Crippen LogP) is 5.66. The molecule has 0 aliphatic rings. The molecule has 0 unspecified atom stereocenters. The number of aromatic nitrogens is 1. The second-order valence-corrected chi connectivity index (χ2v) is 6.14. The van der Waals surface area contributed by atoms with E-state index in [4.69, 9.17) is 23.2 Å². The fourth-order valence-electron chi connectivity index (χ4n) is 2.16. The van der Waals surface area contributed by atoms with Crippen LogP contribution in [0.1, 0.15) is 10.4 Å². The zero-order valence-corrected chi connectivity index (χ0v) is 14.6. The fourth-order valence-corrected chi connectivity index (χ4v) is 2.61. The van der Waals surface area contributed by atoms with Crippen LogP contribution in [0.4, 0.5) is 25.8 Å². The van der Waals surface area contributed by atoms with Crippen LogP contribution in [0.5, 0.6) is 0 Å². The first kappa shape index (κ1) is 18.1. The van der Waals surface area contributed by atoms with Gasteiger partial charge in [-0.05, 0) is 36.4 Å². The molecule has 2 aromatic carbocycles. The van der Waals surface area contributed by atoms with E-state index in [9.17, 15) is 13.6 Å². The lowest BCUT2D eigenvalue weighted by atomic mass is 10.2. The number of nitrogens with one attached hydrogen (secondary N) is 2. The molecular formula is C18H11Cl2F2N3O. The molecule has 1 aromatic heterocycles. The number of carbonyl (C=O) groups excluding carboxylic acids is 1. The summed E-state index contributed by atoms with van der Waals surface area (Å²) in [4.78, 5) is 16.3. The van der Waals surface area contributed by atoms with Gasteiger partial charge in [0.2, 0.25) is 0 Å². The normalized spacial score (nSPS) is 10.5. The lowest BCUT2D eigenvalue weighted by molar-refractivity contribution is 0.102. The second-order valence-electron chi connectivity index (χ2n) is 5.29. The van der Waals surface area contributed by atoms with E-state index < -0.39 is 17.5 Å². The summed E-state index contributed by atoms with van der Waals surface area (Å²) in [6.07, 6.45) is 2.86. The minimum atomic E-state index is -1.05. The topological polar surface area (TPSA) is 54.0 Å². The van der Waals surface area contributed by atoms with Gasteiger partial charge < -0.3 is 10.6 Å². The first-order valence-corrected chi connectivity index (χ1v) is 8.11. The van der Waals surface area contributed by atoms with Crippen LogP contribution >= 0.6 is 23.2 Å².